The van der Waals surface area contributed by atoms with Crippen LogP contribution in [0.1, 0.15) is 73.4 Å². The topological polar surface area (TPSA) is 122 Å². The molecule has 2 amide bonds. The highest BCUT2D eigenvalue weighted by Gasteiger charge is 2.27. The van der Waals surface area contributed by atoms with Crippen LogP contribution in [-0.2, 0) is 21.4 Å². The van der Waals surface area contributed by atoms with Gasteiger partial charge in [0.05, 0.1) is 5.56 Å². The van der Waals surface area contributed by atoms with Gasteiger partial charge in [0.1, 0.15) is 11.6 Å². The molecule has 1 heterocycles. The second kappa shape index (κ2) is 12.2. The van der Waals surface area contributed by atoms with Crippen LogP contribution in [0.5, 0.6) is 0 Å². The molecule has 0 bridgehead atoms. The van der Waals surface area contributed by atoms with E-state index < -0.39 is 17.6 Å². The van der Waals surface area contributed by atoms with Crippen LogP contribution in [-0.4, -0.2) is 46.4 Å². The fraction of sp³-hybridized carbons (Fsp3) is 0.367. The third-order valence-corrected chi connectivity index (χ3v) is 5.81. The molecule has 0 fully saturated rings. The zero-order valence-corrected chi connectivity index (χ0v) is 23.6. The maximum atomic E-state index is 13.1. The van der Waals surface area contributed by atoms with Gasteiger partial charge in [-0.15, -0.1) is 0 Å². The molecule has 3 N–H and O–H groups in total. The lowest BCUT2D eigenvalue weighted by Gasteiger charge is -2.25. The number of nitrogens with one attached hydrogen (secondary N) is 3. The predicted molar refractivity (Wildman–Crippen MR) is 150 cm³/mol. The van der Waals surface area contributed by atoms with Crippen LogP contribution >= 0.6 is 0 Å². The van der Waals surface area contributed by atoms with Crippen LogP contribution in [0, 0.1) is 0 Å². The zero-order valence-electron chi connectivity index (χ0n) is 23.6. The third kappa shape index (κ3) is 8.44. The standard InChI is InChI=1S/C30H37N5O4/c1-29(2,3)23-14-12-21(13-15-23)26(36)34-24(28(38)39-30(4,5)6)16-19-8-10-20(11-9-19)25-32-17-22(18-33-25)27(37)35-31-7/h8-15,17-18,24,31H,16H2,1-7H3,(H,34,36)(H,35,37). The van der Waals surface area contributed by atoms with Gasteiger partial charge in [-0.25, -0.2) is 20.2 Å². The van der Waals surface area contributed by atoms with E-state index in [0.717, 1.165) is 16.7 Å². The van der Waals surface area contributed by atoms with E-state index in [2.05, 4.69) is 46.9 Å². The van der Waals surface area contributed by atoms with Crippen LogP contribution in [0.2, 0.25) is 0 Å². The molecule has 1 aromatic heterocycles. The monoisotopic (exact) mass is 531 g/mol. The lowest BCUT2D eigenvalue weighted by molar-refractivity contribution is -0.157. The first kappa shape index (κ1) is 29.4. The molecule has 0 spiro atoms. The highest BCUT2D eigenvalue weighted by atomic mass is 16.6. The van der Waals surface area contributed by atoms with Crippen LogP contribution in [0.3, 0.4) is 0 Å². The molecule has 0 saturated carbocycles. The molecule has 39 heavy (non-hydrogen) atoms. The van der Waals surface area contributed by atoms with E-state index >= 15 is 0 Å². The minimum Gasteiger partial charge on any atom is -0.458 e. The van der Waals surface area contributed by atoms with E-state index in [9.17, 15) is 14.4 Å². The van der Waals surface area contributed by atoms with Crippen molar-refractivity contribution in [2.75, 3.05) is 7.05 Å². The lowest BCUT2D eigenvalue weighted by atomic mass is 9.86. The van der Waals surface area contributed by atoms with Crippen molar-refractivity contribution >= 4 is 17.8 Å². The number of amides is 2. The number of benzene rings is 2. The van der Waals surface area contributed by atoms with Gasteiger partial charge in [-0.2, -0.15) is 0 Å². The Morgan fingerprint density at radius 2 is 1.41 bits per heavy atom. The van der Waals surface area contributed by atoms with E-state index in [1.807, 2.05) is 36.4 Å². The van der Waals surface area contributed by atoms with Crippen molar-refractivity contribution in [3.8, 4) is 11.4 Å². The highest BCUT2D eigenvalue weighted by Crippen LogP contribution is 2.22. The van der Waals surface area contributed by atoms with Crippen molar-refractivity contribution in [3.63, 3.8) is 0 Å². The van der Waals surface area contributed by atoms with Crippen LogP contribution in [0.15, 0.2) is 60.9 Å². The summed E-state index contributed by atoms with van der Waals surface area (Å²) >= 11 is 0. The highest BCUT2D eigenvalue weighted by molar-refractivity contribution is 5.97. The molecular weight excluding hydrogens is 494 g/mol. The Balaban J connectivity index is 1.76. The Morgan fingerprint density at radius 3 is 1.92 bits per heavy atom. The van der Waals surface area contributed by atoms with Crippen LogP contribution in [0.4, 0.5) is 0 Å². The van der Waals surface area contributed by atoms with Crippen molar-refractivity contribution in [3.05, 3.63) is 83.2 Å². The molecule has 3 rings (SSSR count). The average molecular weight is 532 g/mol. The Morgan fingerprint density at radius 1 is 0.821 bits per heavy atom. The van der Waals surface area contributed by atoms with Crippen molar-refractivity contribution in [1.29, 1.82) is 0 Å². The van der Waals surface area contributed by atoms with E-state index in [-0.39, 0.29) is 23.7 Å². The van der Waals surface area contributed by atoms with Gasteiger partial charge in [-0.05, 0) is 49.4 Å². The second-order valence-electron chi connectivity index (χ2n) is 11.3. The summed E-state index contributed by atoms with van der Waals surface area (Å²) < 4.78 is 5.60. The summed E-state index contributed by atoms with van der Waals surface area (Å²) in [7, 11) is 1.59. The number of ether oxygens (including phenoxy) is 1. The van der Waals surface area contributed by atoms with Gasteiger partial charge in [0.2, 0.25) is 0 Å². The zero-order chi connectivity index (χ0) is 28.8. The lowest BCUT2D eigenvalue weighted by Crippen LogP contribution is -2.45. The predicted octanol–water partition coefficient (Wildman–Crippen LogP) is 3.99. The first-order chi connectivity index (χ1) is 18.3. The van der Waals surface area contributed by atoms with Gasteiger partial charge in [0.25, 0.3) is 11.8 Å². The Bertz CT molecular complexity index is 1290. The molecule has 1 atom stereocenters. The summed E-state index contributed by atoms with van der Waals surface area (Å²) in [5.74, 6) is -0.734. The van der Waals surface area contributed by atoms with E-state index in [1.165, 1.54) is 12.4 Å². The molecule has 3 aromatic rings. The van der Waals surface area contributed by atoms with Crippen LogP contribution < -0.4 is 16.2 Å². The molecular formula is C30H37N5O4. The molecule has 9 heteroatoms. The summed E-state index contributed by atoms with van der Waals surface area (Å²) in [4.78, 5) is 46.5. The van der Waals surface area contributed by atoms with Gasteiger partial charge < -0.3 is 10.1 Å². The second-order valence-corrected chi connectivity index (χ2v) is 11.3. The molecule has 9 nitrogen and oxygen atoms in total. The number of rotatable bonds is 8. The van der Waals surface area contributed by atoms with E-state index in [1.54, 1.807) is 40.0 Å². The van der Waals surface area contributed by atoms with Crippen molar-refractivity contribution in [2.24, 2.45) is 0 Å². The SMILES string of the molecule is CNNC(=O)c1cnc(-c2ccc(CC(NC(=O)c3ccc(C(C)(C)C)cc3)C(=O)OC(C)(C)C)cc2)nc1. The maximum Gasteiger partial charge on any atom is 0.329 e. The van der Waals surface area contributed by atoms with Gasteiger partial charge in [0, 0.05) is 37.0 Å². The summed E-state index contributed by atoms with van der Waals surface area (Å²) in [5, 5.41) is 2.85. The number of carbonyl (C=O) groups excluding carboxylic acids is 3. The summed E-state index contributed by atoms with van der Waals surface area (Å²) in [6.07, 6.45) is 3.14. The summed E-state index contributed by atoms with van der Waals surface area (Å²) in [6.45, 7) is 11.7. The molecule has 206 valence electrons. The quantitative estimate of drug-likeness (QED) is 0.297. The van der Waals surface area contributed by atoms with Crippen LogP contribution in [0.25, 0.3) is 11.4 Å². The van der Waals surface area contributed by atoms with Gasteiger partial charge in [-0.3, -0.25) is 15.0 Å². The smallest absolute Gasteiger partial charge is 0.329 e. The molecule has 0 saturated heterocycles. The number of carbonyl (C=O) groups is 3. The number of aromatic nitrogens is 2. The fourth-order valence-corrected chi connectivity index (χ4v) is 3.74. The van der Waals surface area contributed by atoms with Crippen molar-refractivity contribution in [2.45, 2.75) is 65.0 Å². The Kier molecular flexibility index (Phi) is 9.19. The van der Waals surface area contributed by atoms with Gasteiger partial charge >= 0.3 is 5.97 Å². The first-order valence-electron chi connectivity index (χ1n) is 12.8. The van der Waals surface area contributed by atoms with E-state index in [0.29, 0.717) is 17.0 Å². The molecule has 0 aliphatic carbocycles. The Hall–Kier alpha value is -4.11. The number of hydrazine groups is 1. The molecule has 0 aliphatic heterocycles. The molecule has 2 aromatic carbocycles. The fourth-order valence-electron chi connectivity index (χ4n) is 3.74. The minimum absolute atomic E-state index is 0.0333. The molecule has 1 unspecified atom stereocenters. The van der Waals surface area contributed by atoms with Crippen molar-refractivity contribution in [1.82, 2.24) is 26.1 Å². The van der Waals surface area contributed by atoms with E-state index in [4.69, 9.17) is 4.74 Å². The largest absolute Gasteiger partial charge is 0.458 e. The number of hydrogen-bond acceptors (Lipinski definition) is 7. The maximum absolute atomic E-state index is 13.1. The third-order valence-electron chi connectivity index (χ3n) is 5.81. The molecule has 0 radical (unpaired) electrons. The minimum atomic E-state index is -0.883. The van der Waals surface area contributed by atoms with Gasteiger partial charge in [-0.1, -0.05) is 57.2 Å². The summed E-state index contributed by atoms with van der Waals surface area (Å²) in [5.41, 5.74) is 7.78. The Labute approximate surface area is 229 Å². The van der Waals surface area contributed by atoms with Crippen molar-refractivity contribution < 1.29 is 19.1 Å². The molecule has 0 aliphatic rings. The average Bonchev–Trinajstić information content (AvgIpc) is 2.87. The van der Waals surface area contributed by atoms with Gasteiger partial charge in [0.15, 0.2) is 5.82 Å². The number of nitrogens with zero attached hydrogens (tertiary/aromatic N) is 2. The normalized spacial score (nSPS) is 12.4. The first-order valence-corrected chi connectivity index (χ1v) is 12.8. The number of esters is 1. The number of hydrogen-bond donors (Lipinski definition) is 3. The summed E-state index contributed by atoms with van der Waals surface area (Å²) in [6, 6.07) is 13.9.